The summed E-state index contributed by atoms with van der Waals surface area (Å²) in [7, 11) is 0. The van der Waals surface area contributed by atoms with Crippen molar-refractivity contribution < 1.29 is 24.6 Å². The summed E-state index contributed by atoms with van der Waals surface area (Å²) in [4.78, 5) is 23.0. The summed E-state index contributed by atoms with van der Waals surface area (Å²) in [6, 6.07) is 6.25. The average molecular weight is 403 g/mol. The first kappa shape index (κ1) is 24.2. The van der Waals surface area contributed by atoms with Crippen molar-refractivity contribution in [1.29, 1.82) is 0 Å². The first-order valence-electron chi connectivity index (χ1n) is 9.53. The molecular formula is C22H31N2O5-. The maximum atomic E-state index is 12.0. The van der Waals surface area contributed by atoms with E-state index in [2.05, 4.69) is 32.2 Å². The van der Waals surface area contributed by atoms with E-state index in [4.69, 9.17) is 4.74 Å². The van der Waals surface area contributed by atoms with Gasteiger partial charge >= 0.3 is 6.03 Å². The zero-order chi connectivity index (χ0) is 22.0. The minimum absolute atomic E-state index is 0.105. The van der Waals surface area contributed by atoms with Gasteiger partial charge in [-0.1, -0.05) is 29.4 Å². The first-order valence-corrected chi connectivity index (χ1v) is 9.53. The number of aliphatic carboxylic acids is 1. The number of nitrogens with zero attached hydrogens (tertiary/aromatic N) is 1. The minimum atomic E-state index is -1.84. The van der Waals surface area contributed by atoms with Crippen molar-refractivity contribution in [2.75, 3.05) is 6.61 Å². The number of benzene rings is 1. The van der Waals surface area contributed by atoms with Crippen molar-refractivity contribution in [3.05, 3.63) is 53.1 Å². The SMILES string of the molecule is CC(C)=CCC/C(C)=C/COc1cccc(CNC(=O)N(O)C(C)(C)C(=O)[O-])c1. The molecule has 0 unspecified atom stereocenters. The Hall–Kier alpha value is -2.80. The third kappa shape index (κ3) is 8.39. The van der Waals surface area contributed by atoms with Gasteiger partial charge in [0.2, 0.25) is 0 Å². The molecule has 0 atom stereocenters. The van der Waals surface area contributed by atoms with Crippen molar-refractivity contribution in [1.82, 2.24) is 10.4 Å². The number of hydroxylamine groups is 2. The summed E-state index contributed by atoms with van der Waals surface area (Å²) in [6.07, 6.45) is 6.24. The first-order chi connectivity index (χ1) is 13.5. The molecule has 1 aromatic rings. The standard InChI is InChI=1S/C22H32N2O5/c1-16(2)8-6-9-17(3)12-13-29-19-11-7-10-18(14-19)15-23-21(27)24(28)22(4,5)20(25)26/h7-8,10-12,14,28H,6,9,13,15H2,1-5H3,(H,23,27)(H,25,26)/p-1/b17-12+. The van der Waals surface area contributed by atoms with Gasteiger partial charge in [0.1, 0.15) is 17.9 Å². The Balaban J connectivity index is 2.55. The molecule has 2 N–H and O–H groups in total. The van der Waals surface area contributed by atoms with E-state index < -0.39 is 17.5 Å². The molecule has 0 radical (unpaired) electrons. The van der Waals surface area contributed by atoms with Crippen molar-refractivity contribution in [2.45, 2.75) is 59.5 Å². The number of carbonyl (C=O) groups excluding carboxylic acids is 2. The number of hydrogen-bond donors (Lipinski definition) is 2. The molecular weight excluding hydrogens is 372 g/mol. The van der Waals surface area contributed by atoms with E-state index >= 15 is 0 Å². The summed E-state index contributed by atoms with van der Waals surface area (Å²) in [5, 5.41) is 23.4. The highest BCUT2D eigenvalue weighted by molar-refractivity contribution is 5.83. The van der Waals surface area contributed by atoms with Gasteiger partial charge < -0.3 is 20.0 Å². The molecule has 2 amide bonds. The van der Waals surface area contributed by atoms with Gasteiger partial charge in [-0.15, -0.1) is 0 Å². The van der Waals surface area contributed by atoms with Crippen molar-refractivity contribution in [3.63, 3.8) is 0 Å². The molecule has 0 saturated carbocycles. The van der Waals surface area contributed by atoms with Gasteiger partial charge in [0.05, 0.1) is 5.97 Å². The average Bonchev–Trinajstić information content (AvgIpc) is 2.65. The molecule has 0 aliphatic heterocycles. The zero-order valence-corrected chi connectivity index (χ0v) is 17.8. The Labute approximate surface area is 172 Å². The fraction of sp³-hybridized carbons (Fsp3) is 0.455. The molecule has 1 aromatic carbocycles. The molecule has 0 saturated heterocycles. The number of amides is 2. The Morgan fingerprint density at radius 1 is 1.24 bits per heavy atom. The fourth-order valence-electron chi connectivity index (χ4n) is 2.31. The molecule has 7 nitrogen and oxygen atoms in total. The van der Waals surface area contributed by atoms with Gasteiger partial charge in [0, 0.05) is 6.54 Å². The summed E-state index contributed by atoms with van der Waals surface area (Å²) in [6.45, 7) is 9.13. The highest BCUT2D eigenvalue weighted by atomic mass is 16.5. The molecule has 7 heteroatoms. The summed E-state index contributed by atoms with van der Waals surface area (Å²) in [5.74, 6) is -0.907. The largest absolute Gasteiger partial charge is 0.547 e. The summed E-state index contributed by atoms with van der Waals surface area (Å²) >= 11 is 0. The van der Waals surface area contributed by atoms with Crippen molar-refractivity contribution in [2.24, 2.45) is 0 Å². The quantitative estimate of drug-likeness (QED) is 0.355. The van der Waals surface area contributed by atoms with Crippen LogP contribution in [0.1, 0.15) is 53.0 Å². The predicted octanol–water partition coefficient (Wildman–Crippen LogP) is 3.19. The number of ether oxygens (including phenoxy) is 1. The van der Waals surface area contributed by atoms with E-state index in [1.54, 1.807) is 18.2 Å². The second-order valence-corrected chi connectivity index (χ2v) is 7.65. The van der Waals surface area contributed by atoms with Crippen LogP contribution in [-0.4, -0.2) is 34.4 Å². The lowest BCUT2D eigenvalue weighted by Gasteiger charge is -2.33. The molecule has 29 heavy (non-hydrogen) atoms. The van der Waals surface area contributed by atoms with Gasteiger partial charge in [-0.05, 0) is 71.2 Å². The van der Waals surface area contributed by atoms with Crippen LogP contribution in [0.25, 0.3) is 0 Å². The third-order valence-corrected chi connectivity index (χ3v) is 4.34. The van der Waals surface area contributed by atoms with Gasteiger partial charge in [-0.2, -0.15) is 5.06 Å². The lowest BCUT2D eigenvalue weighted by atomic mass is 10.1. The summed E-state index contributed by atoms with van der Waals surface area (Å²) < 4.78 is 5.73. The smallest absolute Gasteiger partial charge is 0.342 e. The highest BCUT2D eigenvalue weighted by Crippen LogP contribution is 2.15. The van der Waals surface area contributed by atoms with Crippen LogP contribution in [0.15, 0.2) is 47.6 Å². The number of carboxylic acid groups (broad SMARTS) is 1. The van der Waals surface area contributed by atoms with Crippen LogP contribution < -0.4 is 15.2 Å². The molecule has 0 aromatic heterocycles. The number of rotatable bonds is 10. The van der Waals surface area contributed by atoms with Crippen molar-refractivity contribution >= 4 is 12.0 Å². The van der Waals surface area contributed by atoms with Crippen molar-refractivity contribution in [3.8, 4) is 5.75 Å². The Morgan fingerprint density at radius 3 is 2.55 bits per heavy atom. The number of nitrogens with one attached hydrogen (secondary N) is 1. The van der Waals surface area contributed by atoms with E-state index in [9.17, 15) is 19.9 Å². The molecule has 0 aliphatic rings. The Morgan fingerprint density at radius 2 is 1.93 bits per heavy atom. The van der Waals surface area contributed by atoms with E-state index in [-0.39, 0.29) is 11.6 Å². The molecule has 0 fully saturated rings. The second-order valence-electron chi connectivity index (χ2n) is 7.65. The predicted molar refractivity (Wildman–Crippen MR) is 109 cm³/mol. The van der Waals surface area contributed by atoms with Gasteiger partial charge in [-0.25, -0.2) is 4.79 Å². The number of carboxylic acids is 1. The molecule has 0 heterocycles. The number of urea groups is 1. The van der Waals surface area contributed by atoms with Crippen LogP contribution in [0.3, 0.4) is 0 Å². The summed E-state index contributed by atoms with van der Waals surface area (Å²) in [5.41, 5.74) is 1.47. The molecule has 160 valence electrons. The van der Waals surface area contributed by atoms with Crippen LogP contribution in [0.5, 0.6) is 5.75 Å². The van der Waals surface area contributed by atoms with Gasteiger partial charge in [0.15, 0.2) is 0 Å². The van der Waals surface area contributed by atoms with Crippen LogP contribution in [0.4, 0.5) is 4.79 Å². The zero-order valence-electron chi connectivity index (χ0n) is 17.8. The Bertz CT molecular complexity index is 764. The Kier molecular flexibility index (Phi) is 9.41. The van der Waals surface area contributed by atoms with Crippen LogP contribution in [-0.2, 0) is 11.3 Å². The maximum Gasteiger partial charge on any atom is 0.342 e. The number of allylic oxidation sites excluding steroid dienone is 3. The number of hydrogen-bond acceptors (Lipinski definition) is 5. The molecule has 0 bridgehead atoms. The third-order valence-electron chi connectivity index (χ3n) is 4.34. The van der Waals surface area contributed by atoms with E-state index in [0.29, 0.717) is 12.4 Å². The highest BCUT2D eigenvalue weighted by Gasteiger charge is 2.31. The topological polar surface area (TPSA) is 102 Å². The van der Waals surface area contributed by atoms with Gasteiger partial charge in [-0.3, -0.25) is 5.21 Å². The van der Waals surface area contributed by atoms with E-state index in [1.807, 2.05) is 12.1 Å². The van der Waals surface area contributed by atoms with Gasteiger partial charge in [0.25, 0.3) is 0 Å². The van der Waals surface area contributed by atoms with Crippen LogP contribution >= 0.6 is 0 Å². The van der Waals surface area contributed by atoms with E-state index in [0.717, 1.165) is 18.4 Å². The molecule has 0 aliphatic carbocycles. The second kappa shape index (κ2) is 11.3. The monoisotopic (exact) mass is 403 g/mol. The minimum Gasteiger partial charge on any atom is -0.547 e. The van der Waals surface area contributed by atoms with E-state index in [1.165, 1.54) is 25.0 Å². The van der Waals surface area contributed by atoms with Crippen LogP contribution in [0.2, 0.25) is 0 Å². The molecule has 1 rings (SSSR count). The normalized spacial score (nSPS) is 11.6. The molecule has 0 spiro atoms. The van der Waals surface area contributed by atoms with Crippen LogP contribution in [0, 0.1) is 0 Å². The maximum absolute atomic E-state index is 12.0. The fourth-order valence-corrected chi connectivity index (χ4v) is 2.31. The lowest BCUT2D eigenvalue weighted by molar-refractivity contribution is -0.324. The number of carbonyl (C=O) groups is 2. The lowest BCUT2D eigenvalue weighted by Crippen LogP contribution is -2.58.